The lowest BCUT2D eigenvalue weighted by Crippen LogP contribution is -2.67. The van der Waals surface area contributed by atoms with Gasteiger partial charge in [0, 0.05) is 6.42 Å². The Hall–Kier alpha value is -1.49. The summed E-state index contributed by atoms with van der Waals surface area (Å²) in [6.07, 6.45) is 0.206. The Bertz CT molecular complexity index is 670. The van der Waals surface area contributed by atoms with Gasteiger partial charge >= 0.3 is 0 Å². The van der Waals surface area contributed by atoms with Gasteiger partial charge in [-0.2, -0.15) is 0 Å². The molecule has 0 aromatic heterocycles. The molecule has 0 unspecified atom stereocenters. The zero-order chi connectivity index (χ0) is 18.8. The van der Waals surface area contributed by atoms with Crippen LogP contribution in [0, 0.1) is 0 Å². The van der Waals surface area contributed by atoms with Crippen LogP contribution in [0.5, 0.6) is 0 Å². The highest BCUT2D eigenvalue weighted by Crippen LogP contribution is 2.37. The normalized spacial score (nSPS) is 24.0. The van der Waals surface area contributed by atoms with Crippen molar-refractivity contribution in [3.63, 3.8) is 0 Å². The van der Waals surface area contributed by atoms with Crippen molar-refractivity contribution in [2.75, 3.05) is 13.2 Å². The van der Waals surface area contributed by atoms with Crippen LogP contribution >= 0.6 is 0 Å². The van der Waals surface area contributed by atoms with E-state index in [-0.39, 0.29) is 17.7 Å². The van der Waals surface area contributed by atoms with E-state index in [1.807, 2.05) is 12.1 Å². The Morgan fingerprint density at radius 3 is 1.92 bits per heavy atom. The molecule has 2 aromatic rings. The molecule has 2 nitrogen and oxygen atoms in total. The molecule has 26 heavy (non-hydrogen) atoms. The number of alkyl halides is 1. The first-order valence-corrected chi connectivity index (χ1v) is 11.2. The molecule has 4 heteroatoms. The summed E-state index contributed by atoms with van der Waals surface area (Å²) in [6.45, 7) is 8.92. The quantitative estimate of drug-likeness (QED) is 0.736. The first kappa shape index (κ1) is 19.3. The Balaban J connectivity index is 2.01. The predicted molar refractivity (Wildman–Crippen MR) is 107 cm³/mol. The van der Waals surface area contributed by atoms with Crippen molar-refractivity contribution in [1.82, 2.24) is 0 Å². The smallest absolute Gasteiger partial charge is 0.261 e. The Morgan fingerprint density at radius 1 is 1.04 bits per heavy atom. The average Bonchev–Trinajstić information content (AvgIpc) is 2.95. The molecule has 0 spiro atoms. The number of hydrogen-bond acceptors (Lipinski definition) is 2. The van der Waals surface area contributed by atoms with Gasteiger partial charge in [-0.1, -0.05) is 81.4 Å². The third-order valence-electron chi connectivity index (χ3n) is 5.18. The van der Waals surface area contributed by atoms with Gasteiger partial charge in [-0.05, 0) is 22.3 Å². The number of hydrogen-bond donors (Lipinski definition) is 0. The van der Waals surface area contributed by atoms with Crippen molar-refractivity contribution in [1.29, 1.82) is 0 Å². The number of rotatable bonds is 5. The third kappa shape index (κ3) is 3.78. The number of benzene rings is 2. The molecule has 1 aliphatic rings. The van der Waals surface area contributed by atoms with Crippen LogP contribution < -0.4 is 10.4 Å². The van der Waals surface area contributed by atoms with Gasteiger partial charge in [-0.15, -0.1) is 0 Å². The first-order chi connectivity index (χ1) is 12.2. The molecule has 0 saturated carbocycles. The van der Waals surface area contributed by atoms with Gasteiger partial charge in [-0.3, -0.25) is 0 Å². The fraction of sp³-hybridized carbons (Fsp3) is 0.455. The molecule has 3 rings (SSSR count). The van der Waals surface area contributed by atoms with Crippen molar-refractivity contribution >= 4 is 18.7 Å². The second kappa shape index (κ2) is 7.26. The fourth-order valence-corrected chi connectivity index (χ4v) is 8.56. The molecule has 2 atom stereocenters. The molecule has 0 radical (unpaired) electrons. The lowest BCUT2D eigenvalue weighted by atomic mass is 10.1. The predicted octanol–water partition coefficient (Wildman–Crippen LogP) is 4.08. The van der Waals surface area contributed by atoms with Gasteiger partial charge in [-0.25, -0.2) is 4.39 Å². The minimum atomic E-state index is -2.57. The van der Waals surface area contributed by atoms with Gasteiger partial charge in [0.1, 0.15) is 5.67 Å². The summed E-state index contributed by atoms with van der Waals surface area (Å²) < 4.78 is 26.7. The summed E-state index contributed by atoms with van der Waals surface area (Å²) in [6, 6.07) is 21.0. The van der Waals surface area contributed by atoms with Crippen LogP contribution in [0.15, 0.2) is 60.7 Å². The van der Waals surface area contributed by atoms with Crippen molar-refractivity contribution in [3.05, 3.63) is 60.7 Å². The van der Waals surface area contributed by atoms with E-state index < -0.39 is 14.0 Å². The van der Waals surface area contributed by atoms with Crippen molar-refractivity contribution in [2.45, 2.75) is 50.9 Å². The molecule has 1 heterocycles. The van der Waals surface area contributed by atoms with Gasteiger partial charge < -0.3 is 9.16 Å². The van der Waals surface area contributed by atoms with Crippen molar-refractivity contribution < 1.29 is 13.6 Å². The fourth-order valence-electron chi connectivity index (χ4n) is 3.97. The van der Waals surface area contributed by atoms with E-state index >= 15 is 0 Å². The maximum absolute atomic E-state index is 14.2. The van der Waals surface area contributed by atoms with Crippen molar-refractivity contribution in [3.8, 4) is 0 Å². The van der Waals surface area contributed by atoms with E-state index in [9.17, 15) is 4.39 Å². The second-order valence-corrected chi connectivity index (χ2v) is 12.8. The van der Waals surface area contributed by atoms with E-state index in [0.29, 0.717) is 13.0 Å². The van der Waals surface area contributed by atoms with Gasteiger partial charge in [0.25, 0.3) is 8.32 Å². The summed E-state index contributed by atoms with van der Waals surface area (Å²) in [5, 5.41) is 2.40. The highest BCUT2D eigenvalue weighted by atomic mass is 28.4. The van der Waals surface area contributed by atoms with Crippen LogP contribution in [-0.4, -0.2) is 33.3 Å². The Labute approximate surface area is 157 Å². The van der Waals surface area contributed by atoms with E-state index in [2.05, 4.69) is 69.3 Å². The number of ether oxygens (including phenoxy) is 1. The second-order valence-electron chi connectivity index (χ2n) is 8.52. The summed E-state index contributed by atoms with van der Waals surface area (Å²) >= 11 is 0. The molecular formula is C22H29FO2Si. The summed E-state index contributed by atoms with van der Waals surface area (Å²) in [4.78, 5) is 0. The lowest BCUT2D eigenvalue weighted by molar-refractivity contribution is 0.0544. The molecule has 0 bridgehead atoms. The van der Waals surface area contributed by atoms with Crippen LogP contribution in [-0.2, 0) is 9.16 Å². The molecule has 0 amide bonds. The van der Waals surface area contributed by atoms with Gasteiger partial charge in [0.2, 0.25) is 0 Å². The van der Waals surface area contributed by atoms with Crippen LogP contribution in [0.25, 0.3) is 0 Å². The monoisotopic (exact) mass is 372 g/mol. The van der Waals surface area contributed by atoms with Crippen LogP contribution in [0.4, 0.5) is 4.39 Å². The largest absolute Gasteiger partial charge is 0.405 e. The zero-order valence-electron chi connectivity index (χ0n) is 16.2. The standard InChI is InChI=1S/C22H29FO2Si/c1-21(2,3)26(19-11-7-5-8-12-19,20-13-9-6-10-14-20)25-16-18-15-22(4,23)17-24-18/h5-14,18H,15-17H2,1-4H3/t18-,22+/m0/s1. The molecule has 2 aromatic carbocycles. The molecular weight excluding hydrogens is 343 g/mol. The Morgan fingerprint density at radius 2 is 1.54 bits per heavy atom. The SMILES string of the molecule is CC(C)(C)[Si](OC[C@@H]1C[C@@](C)(F)CO1)(c1ccccc1)c1ccccc1. The van der Waals surface area contributed by atoms with Crippen LogP contribution in [0.3, 0.4) is 0 Å². The first-order valence-electron chi connectivity index (χ1n) is 9.30. The van der Waals surface area contributed by atoms with Crippen LogP contribution in [0.2, 0.25) is 5.04 Å². The van der Waals surface area contributed by atoms with Gasteiger partial charge in [0.05, 0.1) is 19.3 Å². The molecule has 1 saturated heterocycles. The van der Waals surface area contributed by atoms with E-state index in [4.69, 9.17) is 9.16 Å². The molecule has 140 valence electrons. The highest BCUT2D eigenvalue weighted by Gasteiger charge is 2.51. The zero-order valence-corrected chi connectivity index (χ0v) is 17.2. The van der Waals surface area contributed by atoms with Crippen LogP contribution in [0.1, 0.15) is 34.1 Å². The molecule has 1 fully saturated rings. The van der Waals surface area contributed by atoms with E-state index in [1.54, 1.807) is 6.92 Å². The average molecular weight is 373 g/mol. The van der Waals surface area contributed by atoms with Gasteiger partial charge in [0.15, 0.2) is 0 Å². The van der Waals surface area contributed by atoms with E-state index in [0.717, 1.165) is 0 Å². The minimum Gasteiger partial charge on any atom is -0.405 e. The topological polar surface area (TPSA) is 18.5 Å². The highest BCUT2D eigenvalue weighted by molar-refractivity contribution is 6.99. The van der Waals surface area contributed by atoms with Crippen molar-refractivity contribution in [2.24, 2.45) is 0 Å². The summed E-state index contributed by atoms with van der Waals surface area (Å²) in [5.41, 5.74) is -1.25. The third-order valence-corrected chi connectivity index (χ3v) is 10.2. The van der Waals surface area contributed by atoms with E-state index in [1.165, 1.54) is 10.4 Å². The summed E-state index contributed by atoms with van der Waals surface area (Å²) in [5.74, 6) is 0. The Kier molecular flexibility index (Phi) is 5.38. The molecule has 1 aliphatic heterocycles. The molecule has 0 N–H and O–H groups in total. The maximum atomic E-state index is 14.2. The minimum absolute atomic E-state index is 0.0761. The maximum Gasteiger partial charge on any atom is 0.261 e. The lowest BCUT2D eigenvalue weighted by Gasteiger charge is -2.43. The summed E-state index contributed by atoms with van der Waals surface area (Å²) in [7, 11) is -2.57. The molecule has 0 aliphatic carbocycles. The number of halogens is 1.